The molecule has 0 saturated heterocycles. The largest absolute Gasteiger partial charge is 0.595 e. The highest BCUT2D eigenvalue weighted by atomic mass is 32.1. The van der Waals surface area contributed by atoms with Crippen LogP contribution in [0.5, 0.6) is 0 Å². The first-order chi connectivity index (χ1) is 12.5. The molecule has 0 aliphatic rings. The highest BCUT2D eigenvalue weighted by molar-refractivity contribution is 7.20. The molecule has 1 unspecified atom stereocenters. The summed E-state index contributed by atoms with van der Waals surface area (Å²) in [4.78, 5) is 17.4. The minimum Gasteiger partial charge on any atom is -0.595 e. The average molecular weight is 365 g/mol. The minimum absolute atomic E-state index is 0.0212. The Balaban J connectivity index is 2.11. The molecule has 4 rings (SSSR count). The molecular formula is C17H11N5O3S. The molecule has 0 bridgehead atoms. The Morgan fingerprint density at radius 2 is 2.04 bits per heavy atom. The molecule has 9 heteroatoms. The van der Waals surface area contributed by atoms with E-state index >= 15 is 0 Å². The van der Waals surface area contributed by atoms with Gasteiger partial charge in [0.25, 0.3) is 5.56 Å². The fourth-order valence-electron chi connectivity index (χ4n) is 2.81. The van der Waals surface area contributed by atoms with Gasteiger partial charge >= 0.3 is 0 Å². The van der Waals surface area contributed by atoms with E-state index in [1.54, 1.807) is 0 Å². The second-order valence-corrected chi connectivity index (χ2v) is 6.55. The number of nitrogen functional groups attached to an aromatic ring is 1. The zero-order valence-electron chi connectivity index (χ0n) is 13.1. The fourth-order valence-corrected chi connectivity index (χ4v) is 3.79. The van der Waals surface area contributed by atoms with Crippen molar-refractivity contribution in [1.29, 1.82) is 5.26 Å². The summed E-state index contributed by atoms with van der Waals surface area (Å²) in [6.45, 7) is 0. The molecule has 0 fully saturated rings. The molecule has 0 radical (unpaired) electrons. The molecule has 8 nitrogen and oxygen atoms in total. The van der Waals surface area contributed by atoms with Crippen LogP contribution in [-0.4, -0.2) is 14.8 Å². The summed E-state index contributed by atoms with van der Waals surface area (Å²) in [6, 6.07) is 13.4. The van der Waals surface area contributed by atoms with Gasteiger partial charge in [0.1, 0.15) is 17.5 Å². The number of hydrogen-bond acceptors (Lipinski definition) is 7. The van der Waals surface area contributed by atoms with Gasteiger partial charge in [-0.3, -0.25) is 4.79 Å². The van der Waals surface area contributed by atoms with E-state index in [2.05, 4.69) is 4.98 Å². The lowest BCUT2D eigenvalue weighted by molar-refractivity contribution is -0.991. The normalized spacial score (nSPS) is 12.3. The summed E-state index contributed by atoms with van der Waals surface area (Å²) in [6.07, 6.45) is 0. The molecule has 2 aromatic heterocycles. The van der Waals surface area contributed by atoms with Gasteiger partial charge in [-0.1, -0.05) is 23.5 Å². The van der Waals surface area contributed by atoms with Gasteiger partial charge in [0.2, 0.25) is 0 Å². The van der Waals surface area contributed by atoms with Crippen LogP contribution < -0.4 is 16.5 Å². The number of aromatic nitrogens is 2. The molecule has 4 N–H and O–H groups in total. The van der Waals surface area contributed by atoms with Crippen molar-refractivity contribution in [3.8, 4) is 11.2 Å². The molecule has 128 valence electrons. The molecule has 2 heterocycles. The van der Waals surface area contributed by atoms with E-state index in [1.165, 1.54) is 29.5 Å². The van der Waals surface area contributed by atoms with Crippen molar-refractivity contribution in [3.63, 3.8) is 0 Å². The van der Waals surface area contributed by atoms with Crippen molar-refractivity contribution in [1.82, 2.24) is 9.55 Å². The Morgan fingerprint density at radius 3 is 2.73 bits per heavy atom. The number of nitriles is 1. The van der Waals surface area contributed by atoms with E-state index in [1.807, 2.05) is 30.3 Å². The highest BCUT2D eigenvalue weighted by Gasteiger charge is 2.19. The van der Waals surface area contributed by atoms with Crippen molar-refractivity contribution in [3.05, 3.63) is 63.6 Å². The smallest absolute Gasteiger partial charge is 0.266 e. The minimum atomic E-state index is -1.16. The van der Waals surface area contributed by atoms with Crippen LogP contribution in [0.25, 0.3) is 26.1 Å². The maximum absolute atomic E-state index is 13.0. The number of nitrogens with one attached hydrogen (secondary N) is 1. The van der Waals surface area contributed by atoms with Gasteiger partial charge in [-0.05, 0) is 18.2 Å². The van der Waals surface area contributed by atoms with Crippen LogP contribution in [0.4, 0.5) is 11.5 Å². The van der Waals surface area contributed by atoms with E-state index in [-0.39, 0.29) is 22.5 Å². The van der Waals surface area contributed by atoms with Gasteiger partial charge in [-0.15, -0.1) is 0 Å². The number of hydrogen-bond donors (Lipinski definition) is 3. The zero-order valence-corrected chi connectivity index (χ0v) is 13.9. The molecule has 0 aliphatic heterocycles. The lowest BCUT2D eigenvalue weighted by atomic mass is 10.1. The van der Waals surface area contributed by atoms with Crippen molar-refractivity contribution in [2.75, 3.05) is 5.73 Å². The van der Waals surface area contributed by atoms with E-state index < -0.39 is 10.8 Å². The summed E-state index contributed by atoms with van der Waals surface area (Å²) in [5, 5.41) is 29.5. The first kappa shape index (κ1) is 16.2. The van der Waals surface area contributed by atoms with Crippen LogP contribution in [-0.2, 0) is 0 Å². The van der Waals surface area contributed by atoms with Gasteiger partial charge in [0, 0.05) is 17.5 Å². The van der Waals surface area contributed by atoms with E-state index in [4.69, 9.17) is 5.73 Å². The quantitative estimate of drug-likeness (QED) is 0.461. The second kappa shape index (κ2) is 5.91. The molecule has 0 spiro atoms. The third kappa shape index (κ3) is 2.33. The standard InChI is InChI=1S/C17H11N5O3S/c18-8-12-10-6-5-9(22(24)25)7-11(10)16(23)21(15(12)19)17-20-13-3-1-2-4-14(13)26-17/h1-7,22,24H,19H2. The van der Waals surface area contributed by atoms with E-state index in [9.17, 15) is 20.5 Å². The van der Waals surface area contributed by atoms with Gasteiger partial charge < -0.3 is 10.9 Å². The monoisotopic (exact) mass is 365 g/mol. The predicted molar refractivity (Wildman–Crippen MR) is 97.6 cm³/mol. The van der Waals surface area contributed by atoms with Crippen molar-refractivity contribution in [2.45, 2.75) is 0 Å². The van der Waals surface area contributed by atoms with Gasteiger partial charge in [-0.2, -0.15) is 10.5 Å². The maximum atomic E-state index is 13.0. The predicted octanol–water partition coefficient (Wildman–Crippen LogP) is 1.46. The van der Waals surface area contributed by atoms with Gasteiger partial charge in [-0.25, -0.2) is 14.8 Å². The van der Waals surface area contributed by atoms with Gasteiger partial charge in [0.15, 0.2) is 10.8 Å². The highest BCUT2D eigenvalue weighted by Crippen LogP contribution is 2.29. The van der Waals surface area contributed by atoms with Gasteiger partial charge in [0.05, 0.1) is 15.6 Å². The molecule has 2 aromatic carbocycles. The first-order valence-corrected chi connectivity index (χ1v) is 8.30. The second-order valence-electron chi connectivity index (χ2n) is 5.54. The van der Waals surface area contributed by atoms with E-state index in [0.29, 0.717) is 16.0 Å². The average Bonchev–Trinajstić information content (AvgIpc) is 3.05. The van der Waals surface area contributed by atoms with Crippen LogP contribution in [0.3, 0.4) is 0 Å². The first-order valence-electron chi connectivity index (χ1n) is 7.49. The van der Waals surface area contributed by atoms with Crippen molar-refractivity contribution in [2.24, 2.45) is 0 Å². The summed E-state index contributed by atoms with van der Waals surface area (Å²) in [5.41, 5.74) is 6.36. The molecule has 1 atom stereocenters. The van der Waals surface area contributed by atoms with Crippen LogP contribution >= 0.6 is 11.3 Å². The summed E-state index contributed by atoms with van der Waals surface area (Å²) < 4.78 is 2.03. The molecule has 0 saturated carbocycles. The number of nitrogens with zero attached hydrogens (tertiary/aromatic N) is 3. The Labute approximate surface area is 150 Å². The van der Waals surface area contributed by atoms with Crippen LogP contribution in [0.1, 0.15) is 5.56 Å². The summed E-state index contributed by atoms with van der Waals surface area (Å²) in [5.74, 6) is -0.0212. The lowest BCUT2D eigenvalue weighted by Gasteiger charge is -2.14. The van der Waals surface area contributed by atoms with Crippen molar-refractivity contribution >= 4 is 43.8 Å². The number of quaternary nitrogens is 1. The summed E-state index contributed by atoms with van der Waals surface area (Å²) in [7, 11) is 0. The van der Waals surface area contributed by atoms with Crippen molar-refractivity contribution < 1.29 is 10.4 Å². The Hall–Kier alpha value is -3.29. The molecule has 4 aromatic rings. The number of pyridine rings is 1. The molecular weight excluding hydrogens is 354 g/mol. The third-order valence-electron chi connectivity index (χ3n) is 4.05. The molecule has 0 amide bonds. The Morgan fingerprint density at radius 1 is 1.27 bits per heavy atom. The maximum Gasteiger partial charge on any atom is 0.266 e. The number of nitrogens with two attached hydrogens (primary N) is 1. The topological polar surface area (TPSA) is 132 Å². The van der Waals surface area contributed by atoms with Crippen LogP contribution in [0, 0.1) is 16.5 Å². The lowest BCUT2D eigenvalue weighted by Crippen LogP contribution is -2.99. The zero-order chi connectivity index (χ0) is 18.4. The molecule has 26 heavy (non-hydrogen) atoms. The van der Waals surface area contributed by atoms with E-state index in [0.717, 1.165) is 9.27 Å². The number of fused-ring (bicyclic) bond motifs is 2. The number of rotatable bonds is 2. The number of benzene rings is 2. The number of anilines is 1. The number of para-hydroxylation sites is 1. The molecule has 0 aliphatic carbocycles. The SMILES string of the molecule is N#Cc1c(N)n(-c2nc3ccccc3s2)c(=O)c2cc([NH+]([O-])O)ccc12. The Bertz CT molecular complexity index is 1240. The summed E-state index contributed by atoms with van der Waals surface area (Å²) >= 11 is 1.26. The van der Waals surface area contributed by atoms with Crippen LogP contribution in [0.2, 0.25) is 0 Å². The van der Waals surface area contributed by atoms with Crippen LogP contribution in [0.15, 0.2) is 47.3 Å². The number of thiazole rings is 1. The third-order valence-corrected chi connectivity index (χ3v) is 5.07. The Kier molecular flexibility index (Phi) is 3.68. The fraction of sp³-hybridized carbons (Fsp3) is 0.